The largest absolute Gasteiger partial charge is 0.499 e. The van der Waals surface area contributed by atoms with Crippen LogP contribution in [0.1, 0.15) is 30.0 Å². The molecule has 0 bridgehead atoms. The number of nitrogens with zero attached hydrogens (tertiary/aromatic N) is 1. The third-order valence-corrected chi connectivity index (χ3v) is 3.67. The van der Waals surface area contributed by atoms with Gasteiger partial charge < -0.3 is 14.5 Å². The van der Waals surface area contributed by atoms with Crippen molar-refractivity contribution in [3.05, 3.63) is 66.6 Å². The molecule has 0 aliphatic carbocycles. The van der Waals surface area contributed by atoms with Crippen LogP contribution in [0.25, 0.3) is 11.0 Å². The van der Waals surface area contributed by atoms with Gasteiger partial charge in [0.15, 0.2) is 0 Å². The van der Waals surface area contributed by atoms with Crippen LogP contribution in [-0.2, 0) is 9.57 Å². The molecular formula is C21H24FN3O4. The van der Waals surface area contributed by atoms with Gasteiger partial charge in [0.25, 0.3) is 0 Å². The van der Waals surface area contributed by atoms with Crippen LogP contribution in [0.5, 0.6) is 0 Å². The van der Waals surface area contributed by atoms with Gasteiger partial charge in [-0.05, 0) is 30.7 Å². The fraction of sp³-hybridized carbons (Fsp3) is 0.238. The molecule has 2 heterocycles. The molecule has 3 rings (SSSR count). The van der Waals surface area contributed by atoms with E-state index in [-0.39, 0.29) is 24.7 Å². The molecule has 0 saturated heterocycles. The Bertz CT molecular complexity index is 972. The lowest BCUT2D eigenvalue weighted by Crippen LogP contribution is -2.25. The van der Waals surface area contributed by atoms with Gasteiger partial charge in [-0.1, -0.05) is 26.5 Å². The molecule has 154 valence electrons. The maximum atomic E-state index is 14.2. The molecule has 0 fully saturated rings. The number of nitrogens with one attached hydrogen (secondary N) is 2. The van der Waals surface area contributed by atoms with Crippen molar-refractivity contribution in [2.24, 2.45) is 0 Å². The SMILES string of the molecule is C=COCCONC(=O)c1oc2ccncc2c1Nc1ccc(C)cc1F.CC. The van der Waals surface area contributed by atoms with Gasteiger partial charge in [0.2, 0.25) is 5.76 Å². The second-order valence-electron chi connectivity index (χ2n) is 5.60. The Morgan fingerprint density at radius 2 is 2.10 bits per heavy atom. The summed E-state index contributed by atoms with van der Waals surface area (Å²) in [6.45, 7) is 9.54. The van der Waals surface area contributed by atoms with Crippen LogP contribution < -0.4 is 10.8 Å². The van der Waals surface area contributed by atoms with E-state index in [1.54, 1.807) is 25.1 Å². The zero-order chi connectivity index (χ0) is 21.2. The number of benzene rings is 1. The van der Waals surface area contributed by atoms with Crippen molar-refractivity contribution >= 4 is 28.3 Å². The van der Waals surface area contributed by atoms with Crippen LogP contribution in [0, 0.1) is 12.7 Å². The monoisotopic (exact) mass is 401 g/mol. The van der Waals surface area contributed by atoms with Crippen molar-refractivity contribution in [1.82, 2.24) is 10.5 Å². The predicted molar refractivity (Wildman–Crippen MR) is 109 cm³/mol. The van der Waals surface area contributed by atoms with Crippen molar-refractivity contribution in [2.45, 2.75) is 20.8 Å². The van der Waals surface area contributed by atoms with Gasteiger partial charge >= 0.3 is 5.91 Å². The number of ether oxygens (including phenoxy) is 1. The van der Waals surface area contributed by atoms with Crippen LogP contribution in [-0.4, -0.2) is 24.1 Å². The number of rotatable bonds is 8. The number of aryl methyl sites for hydroxylation is 1. The minimum absolute atomic E-state index is 0.0531. The minimum atomic E-state index is -0.625. The topological polar surface area (TPSA) is 85.6 Å². The summed E-state index contributed by atoms with van der Waals surface area (Å²) in [7, 11) is 0. The number of carbonyl (C=O) groups is 1. The van der Waals surface area contributed by atoms with E-state index >= 15 is 0 Å². The highest BCUT2D eigenvalue weighted by Crippen LogP contribution is 2.33. The number of amides is 1. The van der Waals surface area contributed by atoms with Gasteiger partial charge in [0.05, 0.1) is 17.3 Å². The van der Waals surface area contributed by atoms with Gasteiger partial charge in [0, 0.05) is 12.4 Å². The molecule has 1 aromatic carbocycles. The van der Waals surface area contributed by atoms with E-state index < -0.39 is 11.7 Å². The number of halogens is 1. The third kappa shape index (κ3) is 5.55. The van der Waals surface area contributed by atoms with Gasteiger partial charge in [-0.2, -0.15) is 0 Å². The Morgan fingerprint density at radius 1 is 1.31 bits per heavy atom. The molecule has 29 heavy (non-hydrogen) atoms. The number of hydroxylamine groups is 1. The molecular weight excluding hydrogens is 377 g/mol. The highest BCUT2D eigenvalue weighted by atomic mass is 19.1. The van der Waals surface area contributed by atoms with E-state index in [0.29, 0.717) is 16.7 Å². The first-order chi connectivity index (χ1) is 14.1. The van der Waals surface area contributed by atoms with Crippen LogP contribution in [0.3, 0.4) is 0 Å². The van der Waals surface area contributed by atoms with Crippen LogP contribution >= 0.6 is 0 Å². The first kappa shape index (κ1) is 21.9. The Kier molecular flexibility index (Phi) is 8.17. The number of carbonyl (C=O) groups excluding carboxylic acids is 1. The van der Waals surface area contributed by atoms with Crippen molar-refractivity contribution < 1.29 is 23.2 Å². The molecule has 8 heteroatoms. The molecule has 0 spiro atoms. The molecule has 2 N–H and O–H groups in total. The fourth-order valence-electron chi connectivity index (χ4n) is 2.42. The number of hydrogen-bond donors (Lipinski definition) is 2. The van der Waals surface area contributed by atoms with Gasteiger partial charge in [-0.3, -0.25) is 14.6 Å². The maximum Gasteiger partial charge on any atom is 0.312 e. The second kappa shape index (κ2) is 10.8. The standard InChI is InChI=1S/C19H18FN3O4.C2H6/c1-3-25-8-9-26-23-19(24)18-17(13-11-21-7-6-16(13)27-18)22-15-5-4-12(2)10-14(15)20;1-2/h3-7,10-11,22H,1,8-9H2,2H3,(H,23,24);1-2H3. The van der Waals surface area contributed by atoms with Gasteiger partial charge in [-0.25, -0.2) is 9.87 Å². The number of pyridine rings is 1. The normalized spacial score (nSPS) is 10.1. The Balaban J connectivity index is 0.00000145. The first-order valence-corrected chi connectivity index (χ1v) is 9.14. The smallest absolute Gasteiger partial charge is 0.312 e. The summed E-state index contributed by atoms with van der Waals surface area (Å²) in [6.07, 6.45) is 4.34. The minimum Gasteiger partial charge on any atom is -0.499 e. The molecule has 1 amide bonds. The third-order valence-electron chi connectivity index (χ3n) is 3.67. The lowest BCUT2D eigenvalue weighted by atomic mass is 10.2. The highest BCUT2D eigenvalue weighted by molar-refractivity contribution is 6.06. The van der Waals surface area contributed by atoms with E-state index in [0.717, 1.165) is 5.56 Å². The molecule has 0 aliphatic heterocycles. The summed E-state index contributed by atoms with van der Waals surface area (Å²) < 4.78 is 24.7. The van der Waals surface area contributed by atoms with Crippen molar-refractivity contribution in [1.29, 1.82) is 0 Å². The van der Waals surface area contributed by atoms with Crippen molar-refractivity contribution in [3.8, 4) is 0 Å². The number of aromatic nitrogens is 1. The zero-order valence-electron chi connectivity index (χ0n) is 16.6. The summed E-state index contributed by atoms with van der Waals surface area (Å²) in [5, 5.41) is 3.46. The van der Waals surface area contributed by atoms with E-state index in [1.165, 1.54) is 24.7 Å². The van der Waals surface area contributed by atoms with E-state index in [9.17, 15) is 9.18 Å². The van der Waals surface area contributed by atoms with Crippen molar-refractivity contribution in [2.75, 3.05) is 18.5 Å². The summed E-state index contributed by atoms with van der Waals surface area (Å²) in [5.41, 5.74) is 3.99. The summed E-state index contributed by atoms with van der Waals surface area (Å²) in [5.74, 6) is -1.13. The fourth-order valence-corrected chi connectivity index (χ4v) is 2.42. The molecule has 0 aliphatic rings. The molecule has 0 atom stereocenters. The molecule has 7 nitrogen and oxygen atoms in total. The second-order valence-corrected chi connectivity index (χ2v) is 5.60. The van der Waals surface area contributed by atoms with Crippen LogP contribution in [0.2, 0.25) is 0 Å². The van der Waals surface area contributed by atoms with E-state index in [1.807, 2.05) is 13.8 Å². The van der Waals surface area contributed by atoms with Crippen LogP contribution in [0.15, 0.2) is 53.9 Å². The van der Waals surface area contributed by atoms with Crippen molar-refractivity contribution in [3.63, 3.8) is 0 Å². The molecule has 0 unspecified atom stereocenters. The summed E-state index contributed by atoms with van der Waals surface area (Å²) >= 11 is 0. The molecule has 0 radical (unpaired) electrons. The number of fused-ring (bicyclic) bond motifs is 1. The van der Waals surface area contributed by atoms with Crippen LogP contribution in [0.4, 0.5) is 15.8 Å². The lowest BCUT2D eigenvalue weighted by Gasteiger charge is -2.09. The highest BCUT2D eigenvalue weighted by Gasteiger charge is 2.22. The quantitative estimate of drug-likeness (QED) is 0.318. The number of furan rings is 1. The zero-order valence-corrected chi connectivity index (χ0v) is 16.6. The lowest BCUT2D eigenvalue weighted by molar-refractivity contribution is 0.0129. The number of hydrogen-bond acceptors (Lipinski definition) is 6. The predicted octanol–water partition coefficient (Wildman–Crippen LogP) is 4.87. The average Bonchev–Trinajstić information content (AvgIpc) is 3.10. The summed E-state index contributed by atoms with van der Waals surface area (Å²) in [4.78, 5) is 21.5. The van der Waals surface area contributed by atoms with E-state index in [2.05, 4.69) is 22.4 Å². The van der Waals surface area contributed by atoms with E-state index in [4.69, 9.17) is 14.0 Å². The first-order valence-electron chi connectivity index (χ1n) is 9.14. The van der Waals surface area contributed by atoms with Gasteiger partial charge in [-0.15, -0.1) is 0 Å². The Hall–Kier alpha value is -3.39. The Labute approximate surface area is 168 Å². The molecule has 3 aromatic rings. The average molecular weight is 401 g/mol. The van der Waals surface area contributed by atoms with Gasteiger partial charge in [0.1, 0.15) is 30.3 Å². The Morgan fingerprint density at radius 3 is 2.83 bits per heavy atom. The number of anilines is 2. The summed E-state index contributed by atoms with van der Waals surface area (Å²) in [6, 6.07) is 6.35. The maximum absolute atomic E-state index is 14.2. The molecule has 0 saturated carbocycles. The molecule has 2 aromatic heterocycles.